The van der Waals surface area contributed by atoms with Crippen molar-refractivity contribution in [3.8, 4) is 11.5 Å². The van der Waals surface area contributed by atoms with E-state index in [0.717, 1.165) is 17.1 Å². The Bertz CT molecular complexity index is 804. The summed E-state index contributed by atoms with van der Waals surface area (Å²) in [5.74, 6) is 1.61. The third kappa shape index (κ3) is 9.95. The van der Waals surface area contributed by atoms with Crippen LogP contribution in [0.25, 0.3) is 0 Å². The largest absolute Gasteiger partial charge is 0.513 e. The maximum Gasteiger partial charge on any atom is 0.224 e. The van der Waals surface area contributed by atoms with Gasteiger partial charge >= 0.3 is 0 Å². The van der Waals surface area contributed by atoms with Crippen molar-refractivity contribution in [1.82, 2.24) is 14.8 Å². The van der Waals surface area contributed by atoms with Crippen LogP contribution in [0.5, 0.6) is 11.5 Å². The molecule has 0 saturated heterocycles. The van der Waals surface area contributed by atoms with Crippen LogP contribution in [-0.4, -0.2) is 42.5 Å². The Balaban J connectivity index is 0.000000550. The standard InChI is InChI=1S/C11H14N4O2.C4H8N2.C4H8O/c1-7-13-14-11(15(7)2)12-6-8-3-4-9(16)10(17)5-8;1-4(2)6-5-3;1-3-4(2)5/h3-5,16-17H,6H2,1-2H3,(H,12,14);3H2,1-2H3;3,5H,1-2H3/b;;4-3+. The lowest BCUT2D eigenvalue weighted by molar-refractivity contribution is 0.403. The predicted octanol–water partition coefficient (Wildman–Crippen LogP) is 3.70. The molecule has 0 aliphatic heterocycles. The Morgan fingerprint density at radius 1 is 1.21 bits per heavy atom. The molecule has 0 aliphatic carbocycles. The summed E-state index contributed by atoms with van der Waals surface area (Å²) in [4.78, 5) is 0. The van der Waals surface area contributed by atoms with Gasteiger partial charge in [-0.3, -0.25) is 0 Å². The molecule has 0 fully saturated rings. The Labute approximate surface area is 165 Å². The van der Waals surface area contributed by atoms with E-state index < -0.39 is 0 Å². The quantitative estimate of drug-likeness (QED) is 0.273. The smallest absolute Gasteiger partial charge is 0.224 e. The summed E-state index contributed by atoms with van der Waals surface area (Å²) in [5.41, 5.74) is 1.78. The minimum atomic E-state index is -0.126. The number of aryl methyl sites for hydroxylation is 1. The minimum absolute atomic E-state index is 0.122. The van der Waals surface area contributed by atoms with Crippen LogP contribution in [-0.2, 0) is 13.6 Å². The molecule has 1 aromatic heterocycles. The molecular formula is C19H30N6O3. The fraction of sp³-hybridized carbons (Fsp3) is 0.368. The lowest BCUT2D eigenvalue weighted by Crippen LogP contribution is -2.05. The van der Waals surface area contributed by atoms with E-state index in [2.05, 4.69) is 32.4 Å². The topological polar surface area (TPSA) is 128 Å². The van der Waals surface area contributed by atoms with Gasteiger partial charge in [-0.2, -0.15) is 10.2 Å². The fourth-order valence-corrected chi connectivity index (χ4v) is 1.56. The first-order chi connectivity index (χ1) is 13.1. The molecule has 9 heteroatoms. The van der Waals surface area contributed by atoms with Crippen LogP contribution < -0.4 is 5.32 Å². The highest BCUT2D eigenvalue weighted by atomic mass is 16.3. The molecule has 2 rings (SSSR count). The number of phenolic OH excluding ortho intramolecular Hbond substituents is 2. The third-order valence-electron chi connectivity index (χ3n) is 3.27. The number of nitrogens with zero attached hydrogens (tertiary/aromatic N) is 5. The first-order valence-electron chi connectivity index (χ1n) is 8.51. The van der Waals surface area contributed by atoms with Crippen LogP contribution in [0.1, 0.15) is 39.1 Å². The van der Waals surface area contributed by atoms with Crippen LogP contribution in [0.4, 0.5) is 5.95 Å². The number of aromatic hydroxyl groups is 2. The van der Waals surface area contributed by atoms with E-state index in [4.69, 9.17) is 5.11 Å². The van der Waals surface area contributed by atoms with Gasteiger partial charge in [0.2, 0.25) is 5.95 Å². The molecular weight excluding hydrogens is 360 g/mol. The second-order valence-electron chi connectivity index (χ2n) is 5.93. The maximum atomic E-state index is 9.35. The normalized spacial score (nSPS) is 10.0. The average Bonchev–Trinajstić information content (AvgIpc) is 2.95. The Morgan fingerprint density at radius 3 is 2.18 bits per heavy atom. The number of allylic oxidation sites excluding steroid dienone is 2. The number of anilines is 1. The number of hydrogen-bond donors (Lipinski definition) is 4. The molecule has 9 nitrogen and oxygen atoms in total. The molecule has 0 bridgehead atoms. The van der Waals surface area contributed by atoms with Crippen molar-refractivity contribution < 1.29 is 15.3 Å². The van der Waals surface area contributed by atoms with Crippen molar-refractivity contribution in [2.45, 2.75) is 41.2 Å². The first-order valence-corrected chi connectivity index (χ1v) is 8.51. The van der Waals surface area contributed by atoms with Gasteiger partial charge in [0.15, 0.2) is 11.5 Å². The maximum absolute atomic E-state index is 9.35. The Hall–Kier alpha value is -3.36. The van der Waals surface area contributed by atoms with Gasteiger partial charge in [0, 0.05) is 26.0 Å². The number of benzene rings is 1. The second-order valence-corrected chi connectivity index (χ2v) is 5.93. The van der Waals surface area contributed by atoms with E-state index in [-0.39, 0.29) is 11.5 Å². The zero-order valence-electron chi connectivity index (χ0n) is 17.3. The van der Waals surface area contributed by atoms with Gasteiger partial charge in [0.05, 0.1) is 5.76 Å². The van der Waals surface area contributed by atoms with Gasteiger partial charge in [-0.15, -0.1) is 10.2 Å². The minimum Gasteiger partial charge on any atom is -0.513 e. The van der Waals surface area contributed by atoms with E-state index in [1.807, 2.05) is 32.4 Å². The van der Waals surface area contributed by atoms with Crippen LogP contribution in [0.2, 0.25) is 0 Å². The van der Waals surface area contributed by atoms with E-state index in [0.29, 0.717) is 18.3 Å². The molecule has 4 N–H and O–H groups in total. The molecule has 0 amide bonds. The SMILES string of the molecule is C/C=C(\C)O.C=NN=C(C)C.Cc1nnc(NCc2ccc(O)c(O)c2)n1C. The van der Waals surface area contributed by atoms with Crippen LogP contribution in [0.3, 0.4) is 0 Å². The summed E-state index contributed by atoms with van der Waals surface area (Å²) in [6.45, 7) is 12.7. The number of aliphatic hydroxyl groups is 1. The molecule has 2 aromatic rings. The lowest BCUT2D eigenvalue weighted by Gasteiger charge is -2.06. The van der Waals surface area contributed by atoms with Crippen LogP contribution in [0, 0.1) is 6.92 Å². The highest BCUT2D eigenvalue weighted by Crippen LogP contribution is 2.25. The second kappa shape index (κ2) is 12.9. The van der Waals surface area contributed by atoms with Crippen molar-refractivity contribution in [2.75, 3.05) is 5.32 Å². The van der Waals surface area contributed by atoms with Crippen molar-refractivity contribution in [1.29, 1.82) is 0 Å². The summed E-state index contributed by atoms with van der Waals surface area (Å²) < 4.78 is 1.83. The molecule has 0 unspecified atom stereocenters. The van der Waals surface area contributed by atoms with Gasteiger partial charge < -0.3 is 25.2 Å². The summed E-state index contributed by atoms with van der Waals surface area (Å²) in [6.07, 6.45) is 1.64. The monoisotopic (exact) mass is 390 g/mol. The van der Waals surface area contributed by atoms with Crippen molar-refractivity contribution in [3.05, 3.63) is 41.4 Å². The number of nitrogens with one attached hydrogen (secondary N) is 1. The number of aromatic nitrogens is 3. The number of phenols is 2. The number of hydrogen-bond acceptors (Lipinski definition) is 8. The van der Waals surface area contributed by atoms with Gasteiger partial charge in [-0.05, 0) is 52.3 Å². The summed E-state index contributed by atoms with van der Waals surface area (Å²) in [7, 11) is 1.87. The molecule has 0 aliphatic rings. The van der Waals surface area contributed by atoms with E-state index in [1.54, 1.807) is 26.0 Å². The summed E-state index contributed by atoms with van der Waals surface area (Å²) in [6, 6.07) is 4.69. The Morgan fingerprint density at radius 2 is 1.82 bits per heavy atom. The number of rotatable bonds is 4. The fourth-order valence-electron chi connectivity index (χ4n) is 1.56. The predicted molar refractivity (Wildman–Crippen MR) is 113 cm³/mol. The zero-order valence-corrected chi connectivity index (χ0v) is 17.3. The van der Waals surface area contributed by atoms with Crippen molar-refractivity contribution >= 4 is 18.4 Å². The van der Waals surface area contributed by atoms with Gasteiger partial charge in [0.25, 0.3) is 0 Å². The van der Waals surface area contributed by atoms with E-state index in [1.165, 1.54) is 12.1 Å². The van der Waals surface area contributed by atoms with E-state index >= 15 is 0 Å². The summed E-state index contributed by atoms with van der Waals surface area (Å²) in [5, 5.41) is 44.6. The van der Waals surface area contributed by atoms with Crippen molar-refractivity contribution in [2.24, 2.45) is 17.3 Å². The molecule has 28 heavy (non-hydrogen) atoms. The van der Waals surface area contributed by atoms with Gasteiger partial charge in [0.1, 0.15) is 5.82 Å². The molecule has 0 spiro atoms. The molecule has 0 radical (unpaired) electrons. The summed E-state index contributed by atoms with van der Waals surface area (Å²) >= 11 is 0. The Kier molecular flexibility index (Phi) is 11.4. The molecule has 1 aromatic carbocycles. The molecule has 0 saturated carbocycles. The van der Waals surface area contributed by atoms with Crippen molar-refractivity contribution in [3.63, 3.8) is 0 Å². The third-order valence-corrected chi connectivity index (χ3v) is 3.27. The molecule has 154 valence electrons. The highest BCUT2D eigenvalue weighted by molar-refractivity contribution is 5.78. The highest BCUT2D eigenvalue weighted by Gasteiger charge is 2.05. The van der Waals surface area contributed by atoms with E-state index in [9.17, 15) is 10.2 Å². The van der Waals surface area contributed by atoms with Crippen LogP contribution in [0.15, 0.2) is 40.2 Å². The first kappa shape index (κ1) is 24.6. The van der Waals surface area contributed by atoms with Crippen LogP contribution >= 0.6 is 0 Å². The van der Waals surface area contributed by atoms with Gasteiger partial charge in [-0.25, -0.2) is 0 Å². The molecule has 1 heterocycles. The zero-order chi connectivity index (χ0) is 21.7. The van der Waals surface area contributed by atoms with Gasteiger partial charge in [-0.1, -0.05) is 12.1 Å². The molecule has 0 atom stereocenters. The lowest BCUT2D eigenvalue weighted by atomic mass is 10.2. The average molecular weight is 390 g/mol. The number of aliphatic hydroxyl groups excluding tert-OH is 1.